The van der Waals surface area contributed by atoms with Gasteiger partial charge in [0.25, 0.3) is 5.91 Å². The van der Waals surface area contributed by atoms with Crippen LogP contribution in [0, 0.1) is 3.57 Å². The van der Waals surface area contributed by atoms with Crippen molar-refractivity contribution in [3.8, 4) is 0 Å². The lowest BCUT2D eigenvalue weighted by Gasteiger charge is -2.05. The third-order valence-electron chi connectivity index (χ3n) is 2.80. The van der Waals surface area contributed by atoms with E-state index in [-0.39, 0.29) is 5.91 Å². The third-order valence-corrected chi connectivity index (χ3v) is 4.37. The minimum absolute atomic E-state index is 0.0758. The Morgan fingerprint density at radius 2 is 2.00 bits per heavy atom. The number of hydrogen-bond donors (Lipinski definition) is 1. The molecule has 2 nitrogen and oxygen atoms in total. The molecular formula is C15H10INOS. The Bertz CT molecular complexity index is 750. The van der Waals surface area contributed by atoms with Crippen LogP contribution in [-0.2, 0) is 0 Å². The van der Waals surface area contributed by atoms with Crippen molar-refractivity contribution in [1.82, 2.24) is 0 Å². The predicted octanol–water partition coefficient (Wildman–Crippen LogP) is 4.76. The lowest BCUT2D eigenvalue weighted by Crippen LogP contribution is -2.11. The molecule has 0 fully saturated rings. The zero-order valence-electron chi connectivity index (χ0n) is 9.89. The number of anilines is 1. The smallest absolute Gasteiger partial charge is 0.255 e. The van der Waals surface area contributed by atoms with Gasteiger partial charge in [-0.1, -0.05) is 6.07 Å². The summed E-state index contributed by atoms with van der Waals surface area (Å²) in [4.78, 5) is 12.1. The van der Waals surface area contributed by atoms with E-state index in [1.807, 2.05) is 42.5 Å². The molecule has 1 heterocycles. The second kappa shape index (κ2) is 5.30. The van der Waals surface area contributed by atoms with Gasteiger partial charge < -0.3 is 5.32 Å². The minimum Gasteiger partial charge on any atom is -0.322 e. The molecule has 3 aromatic rings. The Hall–Kier alpha value is -1.40. The van der Waals surface area contributed by atoms with Gasteiger partial charge in [0.1, 0.15) is 0 Å². The number of fused-ring (bicyclic) bond motifs is 1. The second-order valence-corrected chi connectivity index (χ2v) is 6.33. The van der Waals surface area contributed by atoms with Gasteiger partial charge in [-0.15, -0.1) is 11.3 Å². The van der Waals surface area contributed by atoms with Crippen LogP contribution in [0.15, 0.2) is 53.9 Å². The summed E-state index contributed by atoms with van der Waals surface area (Å²) in [5.41, 5.74) is 1.51. The van der Waals surface area contributed by atoms with E-state index >= 15 is 0 Å². The first-order chi connectivity index (χ1) is 9.22. The van der Waals surface area contributed by atoms with Gasteiger partial charge in [-0.25, -0.2) is 0 Å². The van der Waals surface area contributed by atoms with Crippen LogP contribution in [0.3, 0.4) is 0 Å². The number of carbonyl (C=O) groups is 1. The maximum absolute atomic E-state index is 12.1. The van der Waals surface area contributed by atoms with Crippen LogP contribution in [0.4, 0.5) is 5.69 Å². The highest BCUT2D eigenvalue weighted by molar-refractivity contribution is 14.1. The summed E-state index contributed by atoms with van der Waals surface area (Å²) in [5, 5.41) is 6.14. The lowest BCUT2D eigenvalue weighted by atomic mass is 10.2. The molecule has 0 atom stereocenters. The highest BCUT2D eigenvalue weighted by atomic mass is 127. The number of hydrogen-bond acceptors (Lipinski definition) is 2. The summed E-state index contributed by atoms with van der Waals surface area (Å²) in [6.45, 7) is 0. The molecule has 0 unspecified atom stereocenters. The van der Waals surface area contributed by atoms with Crippen molar-refractivity contribution in [2.75, 3.05) is 5.32 Å². The molecule has 0 saturated heterocycles. The zero-order chi connectivity index (χ0) is 13.2. The molecule has 1 aromatic heterocycles. The van der Waals surface area contributed by atoms with Gasteiger partial charge in [0, 0.05) is 19.5 Å². The zero-order valence-corrected chi connectivity index (χ0v) is 12.9. The van der Waals surface area contributed by atoms with E-state index in [4.69, 9.17) is 0 Å². The average Bonchev–Trinajstić information content (AvgIpc) is 2.86. The molecule has 2 aromatic carbocycles. The quantitative estimate of drug-likeness (QED) is 0.640. The summed E-state index contributed by atoms with van der Waals surface area (Å²) in [5.74, 6) is -0.0758. The van der Waals surface area contributed by atoms with Gasteiger partial charge in [0.05, 0.1) is 0 Å². The van der Waals surface area contributed by atoms with E-state index in [0.717, 1.165) is 14.6 Å². The summed E-state index contributed by atoms with van der Waals surface area (Å²) in [7, 11) is 0. The molecule has 0 spiro atoms. The first kappa shape index (κ1) is 12.6. The van der Waals surface area contributed by atoms with Gasteiger partial charge in [0.15, 0.2) is 0 Å². The first-order valence-electron chi connectivity index (χ1n) is 5.76. The van der Waals surface area contributed by atoms with Crippen molar-refractivity contribution in [2.24, 2.45) is 0 Å². The van der Waals surface area contributed by atoms with Crippen molar-refractivity contribution < 1.29 is 4.79 Å². The summed E-state index contributed by atoms with van der Waals surface area (Å²) < 4.78 is 2.28. The molecule has 0 bridgehead atoms. The van der Waals surface area contributed by atoms with E-state index in [0.29, 0.717) is 5.56 Å². The molecule has 0 aliphatic carbocycles. The van der Waals surface area contributed by atoms with Crippen molar-refractivity contribution in [1.29, 1.82) is 0 Å². The van der Waals surface area contributed by atoms with Crippen molar-refractivity contribution in [2.45, 2.75) is 0 Å². The van der Waals surface area contributed by atoms with Gasteiger partial charge >= 0.3 is 0 Å². The standard InChI is InChI=1S/C15H10INOS/c16-12-3-1-2-11(8-12)15(18)17-13-4-5-14-10(9-13)6-7-19-14/h1-9H,(H,17,18). The Labute approximate surface area is 128 Å². The largest absolute Gasteiger partial charge is 0.322 e. The molecule has 0 aliphatic rings. The Morgan fingerprint density at radius 1 is 1.11 bits per heavy atom. The molecule has 0 radical (unpaired) electrons. The van der Waals surface area contributed by atoms with Crippen LogP contribution in [-0.4, -0.2) is 5.91 Å². The van der Waals surface area contributed by atoms with E-state index in [1.54, 1.807) is 11.3 Å². The maximum Gasteiger partial charge on any atom is 0.255 e. The van der Waals surface area contributed by atoms with Crippen LogP contribution in [0.1, 0.15) is 10.4 Å². The fourth-order valence-electron chi connectivity index (χ4n) is 1.88. The second-order valence-electron chi connectivity index (χ2n) is 4.14. The molecule has 0 aliphatic heterocycles. The van der Waals surface area contributed by atoms with E-state index in [2.05, 4.69) is 39.4 Å². The molecule has 0 saturated carbocycles. The van der Waals surface area contributed by atoms with Crippen LogP contribution in [0.5, 0.6) is 0 Å². The Balaban J connectivity index is 1.86. The summed E-state index contributed by atoms with van der Waals surface area (Å²) in [6, 6.07) is 15.6. The van der Waals surface area contributed by atoms with Crippen LogP contribution in [0.25, 0.3) is 10.1 Å². The van der Waals surface area contributed by atoms with Gasteiger partial charge in [-0.05, 0) is 75.8 Å². The van der Waals surface area contributed by atoms with Gasteiger partial charge in [-0.3, -0.25) is 4.79 Å². The number of amides is 1. The lowest BCUT2D eigenvalue weighted by molar-refractivity contribution is 0.102. The summed E-state index contributed by atoms with van der Waals surface area (Å²) >= 11 is 3.90. The molecule has 1 N–H and O–H groups in total. The highest BCUT2D eigenvalue weighted by Gasteiger charge is 2.06. The summed E-state index contributed by atoms with van der Waals surface area (Å²) in [6.07, 6.45) is 0. The van der Waals surface area contributed by atoms with Crippen LogP contribution < -0.4 is 5.32 Å². The number of nitrogens with one attached hydrogen (secondary N) is 1. The average molecular weight is 379 g/mol. The van der Waals surface area contributed by atoms with Crippen LogP contribution >= 0.6 is 33.9 Å². The van der Waals surface area contributed by atoms with Gasteiger partial charge in [0.2, 0.25) is 0 Å². The molecule has 94 valence electrons. The Morgan fingerprint density at radius 3 is 2.84 bits per heavy atom. The fraction of sp³-hybridized carbons (Fsp3) is 0. The predicted molar refractivity (Wildman–Crippen MR) is 88.9 cm³/mol. The highest BCUT2D eigenvalue weighted by Crippen LogP contribution is 2.24. The fourth-order valence-corrected chi connectivity index (χ4v) is 3.19. The number of carbonyl (C=O) groups excluding carboxylic acids is 1. The maximum atomic E-state index is 12.1. The molecule has 1 amide bonds. The molecule has 4 heteroatoms. The number of rotatable bonds is 2. The van der Waals surface area contributed by atoms with Crippen molar-refractivity contribution in [3.05, 3.63) is 63.0 Å². The molecular weight excluding hydrogens is 369 g/mol. The van der Waals surface area contributed by atoms with Crippen molar-refractivity contribution in [3.63, 3.8) is 0 Å². The van der Waals surface area contributed by atoms with Gasteiger partial charge in [-0.2, -0.15) is 0 Å². The van der Waals surface area contributed by atoms with E-state index in [9.17, 15) is 4.79 Å². The molecule has 19 heavy (non-hydrogen) atoms. The monoisotopic (exact) mass is 379 g/mol. The van der Waals surface area contributed by atoms with E-state index < -0.39 is 0 Å². The minimum atomic E-state index is -0.0758. The van der Waals surface area contributed by atoms with E-state index in [1.165, 1.54) is 4.70 Å². The van der Waals surface area contributed by atoms with Crippen molar-refractivity contribution >= 4 is 55.6 Å². The first-order valence-corrected chi connectivity index (χ1v) is 7.72. The Kier molecular flexibility index (Phi) is 3.52. The topological polar surface area (TPSA) is 29.1 Å². The number of benzene rings is 2. The number of thiophene rings is 1. The third kappa shape index (κ3) is 2.79. The SMILES string of the molecule is O=C(Nc1ccc2sccc2c1)c1cccc(I)c1. The van der Waals surface area contributed by atoms with Crippen LogP contribution in [0.2, 0.25) is 0 Å². The number of halogens is 1. The molecule has 3 rings (SSSR count). The normalized spacial score (nSPS) is 10.6.